The van der Waals surface area contributed by atoms with E-state index in [1.807, 2.05) is 25.1 Å². The van der Waals surface area contributed by atoms with E-state index in [1.54, 1.807) is 0 Å². The lowest BCUT2D eigenvalue weighted by molar-refractivity contribution is -0.137. The van der Waals surface area contributed by atoms with Crippen molar-refractivity contribution < 1.29 is 9.90 Å². The summed E-state index contributed by atoms with van der Waals surface area (Å²) in [5.41, 5.74) is 2.14. The summed E-state index contributed by atoms with van der Waals surface area (Å²) in [6.45, 7) is 1.97. The van der Waals surface area contributed by atoms with Gasteiger partial charge in [0, 0.05) is 5.02 Å². The fraction of sp³-hybridized carbons (Fsp3) is 0.462. The molecule has 1 fully saturated rings. The van der Waals surface area contributed by atoms with Crippen molar-refractivity contribution in [2.45, 2.75) is 32.1 Å². The highest BCUT2D eigenvalue weighted by atomic mass is 35.5. The van der Waals surface area contributed by atoms with Crippen LogP contribution in [0.3, 0.4) is 0 Å². The molecule has 2 rings (SSSR count). The molecule has 0 aromatic heterocycles. The molecule has 1 aliphatic carbocycles. The highest BCUT2D eigenvalue weighted by molar-refractivity contribution is 6.31. The van der Waals surface area contributed by atoms with E-state index in [0.29, 0.717) is 5.92 Å². The maximum Gasteiger partial charge on any atom is 0.303 e. The molecule has 1 aromatic rings. The smallest absolute Gasteiger partial charge is 0.303 e. The summed E-state index contributed by atoms with van der Waals surface area (Å²) >= 11 is 6.07. The van der Waals surface area contributed by atoms with Gasteiger partial charge in [-0.25, -0.2) is 0 Å². The Morgan fingerprint density at radius 1 is 1.56 bits per heavy atom. The predicted octanol–water partition coefficient (Wildman–Crippen LogP) is 3.62. The van der Waals surface area contributed by atoms with Crippen molar-refractivity contribution in [3.8, 4) is 0 Å². The standard InChI is InChI=1S/C13H15ClO2/c1-8-10(3-2-4-12(8)14)11(7-13(15)16)9-5-6-9/h2-4,9,11H,5-7H2,1H3,(H,15,16). The topological polar surface area (TPSA) is 37.3 Å². The summed E-state index contributed by atoms with van der Waals surface area (Å²) in [7, 11) is 0. The summed E-state index contributed by atoms with van der Waals surface area (Å²) in [5.74, 6) is -0.0549. The summed E-state index contributed by atoms with van der Waals surface area (Å²) in [4.78, 5) is 10.9. The van der Waals surface area contributed by atoms with E-state index in [-0.39, 0.29) is 12.3 Å². The van der Waals surface area contributed by atoms with Crippen molar-refractivity contribution in [2.24, 2.45) is 5.92 Å². The van der Waals surface area contributed by atoms with E-state index in [0.717, 1.165) is 29.0 Å². The number of aliphatic carboxylic acids is 1. The van der Waals surface area contributed by atoms with Crippen LogP contribution >= 0.6 is 11.6 Å². The number of hydrogen-bond donors (Lipinski definition) is 1. The second-order valence-electron chi connectivity index (χ2n) is 4.50. The molecule has 1 unspecified atom stereocenters. The van der Waals surface area contributed by atoms with Crippen molar-refractivity contribution in [2.75, 3.05) is 0 Å². The minimum Gasteiger partial charge on any atom is -0.481 e. The average molecular weight is 239 g/mol. The lowest BCUT2D eigenvalue weighted by Crippen LogP contribution is -2.09. The molecule has 0 heterocycles. The molecule has 0 bridgehead atoms. The van der Waals surface area contributed by atoms with Gasteiger partial charge in [-0.2, -0.15) is 0 Å². The molecule has 1 N–H and O–H groups in total. The Labute approximate surface area is 100 Å². The number of rotatable bonds is 4. The van der Waals surface area contributed by atoms with Gasteiger partial charge >= 0.3 is 5.97 Å². The largest absolute Gasteiger partial charge is 0.481 e. The zero-order valence-electron chi connectivity index (χ0n) is 9.24. The number of benzene rings is 1. The fourth-order valence-electron chi connectivity index (χ4n) is 2.24. The first kappa shape index (κ1) is 11.5. The van der Waals surface area contributed by atoms with E-state index in [4.69, 9.17) is 16.7 Å². The van der Waals surface area contributed by atoms with Gasteiger partial charge < -0.3 is 5.11 Å². The first-order valence-corrected chi connectivity index (χ1v) is 5.94. The molecular weight excluding hydrogens is 224 g/mol. The monoisotopic (exact) mass is 238 g/mol. The van der Waals surface area contributed by atoms with E-state index < -0.39 is 5.97 Å². The Morgan fingerprint density at radius 3 is 2.81 bits per heavy atom. The number of halogens is 1. The van der Waals surface area contributed by atoms with Crippen molar-refractivity contribution >= 4 is 17.6 Å². The van der Waals surface area contributed by atoms with Gasteiger partial charge in [-0.05, 0) is 48.8 Å². The van der Waals surface area contributed by atoms with Crippen LogP contribution in [0.25, 0.3) is 0 Å². The molecule has 1 aromatic carbocycles. The molecule has 1 aliphatic rings. The fourth-order valence-corrected chi connectivity index (χ4v) is 2.42. The molecule has 3 heteroatoms. The van der Waals surface area contributed by atoms with Gasteiger partial charge in [-0.15, -0.1) is 0 Å². The molecule has 1 atom stereocenters. The Hall–Kier alpha value is -1.02. The van der Waals surface area contributed by atoms with Crippen LogP contribution in [-0.2, 0) is 4.79 Å². The molecule has 0 radical (unpaired) electrons. The number of carboxylic acid groups (broad SMARTS) is 1. The predicted molar refractivity (Wildman–Crippen MR) is 63.9 cm³/mol. The third-order valence-electron chi connectivity index (χ3n) is 3.29. The third-order valence-corrected chi connectivity index (χ3v) is 3.70. The van der Waals surface area contributed by atoms with E-state index in [2.05, 4.69) is 0 Å². The van der Waals surface area contributed by atoms with Crippen LogP contribution in [0.2, 0.25) is 5.02 Å². The summed E-state index contributed by atoms with van der Waals surface area (Å²) in [6, 6.07) is 5.76. The first-order valence-electron chi connectivity index (χ1n) is 5.56. The lowest BCUT2D eigenvalue weighted by Gasteiger charge is -2.17. The van der Waals surface area contributed by atoms with Gasteiger partial charge in [0.25, 0.3) is 0 Å². The molecule has 0 spiro atoms. The molecule has 0 saturated heterocycles. The quantitative estimate of drug-likeness (QED) is 0.870. The highest BCUT2D eigenvalue weighted by Crippen LogP contribution is 2.45. The average Bonchev–Trinajstić information content (AvgIpc) is 3.02. The molecule has 2 nitrogen and oxygen atoms in total. The zero-order valence-corrected chi connectivity index (χ0v) is 10.00. The van der Waals surface area contributed by atoms with Crippen LogP contribution < -0.4 is 0 Å². The summed E-state index contributed by atoms with van der Waals surface area (Å²) in [5, 5.41) is 9.68. The maximum absolute atomic E-state index is 10.9. The van der Waals surface area contributed by atoms with Crippen LogP contribution in [0, 0.1) is 12.8 Å². The van der Waals surface area contributed by atoms with Gasteiger partial charge in [-0.1, -0.05) is 23.7 Å². The van der Waals surface area contributed by atoms with Gasteiger partial charge in [0.2, 0.25) is 0 Å². The van der Waals surface area contributed by atoms with Crippen LogP contribution in [0.4, 0.5) is 0 Å². The molecule has 0 aliphatic heterocycles. The zero-order chi connectivity index (χ0) is 11.7. The third kappa shape index (κ3) is 2.38. The van der Waals surface area contributed by atoms with Crippen LogP contribution in [0.15, 0.2) is 18.2 Å². The molecule has 0 amide bonds. The van der Waals surface area contributed by atoms with Gasteiger partial charge in [0.05, 0.1) is 6.42 Å². The van der Waals surface area contributed by atoms with Crippen LogP contribution in [-0.4, -0.2) is 11.1 Å². The van der Waals surface area contributed by atoms with Crippen LogP contribution in [0.5, 0.6) is 0 Å². The Bertz CT molecular complexity index is 410. The Morgan fingerprint density at radius 2 is 2.25 bits per heavy atom. The molecular formula is C13H15ClO2. The number of hydrogen-bond acceptors (Lipinski definition) is 1. The normalized spacial score (nSPS) is 17.1. The minimum atomic E-state index is -0.726. The van der Waals surface area contributed by atoms with Gasteiger partial charge in [0.1, 0.15) is 0 Å². The van der Waals surface area contributed by atoms with Gasteiger partial charge in [0.15, 0.2) is 0 Å². The van der Waals surface area contributed by atoms with Crippen molar-refractivity contribution in [3.05, 3.63) is 34.3 Å². The van der Waals surface area contributed by atoms with Crippen molar-refractivity contribution in [3.63, 3.8) is 0 Å². The maximum atomic E-state index is 10.9. The molecule has 16 heavy (non-hydrogen) atoms. The highest BCUT2D eigenvalue weighted by Gasteiger charge is 2.34. The van der Waals surface area contributed by atoms with Crippen molar-refractivity contribution in [1.29, 1.82) is 0 Å². The van der Waals surface area contributed by atoms with Crippen LogP contribution in [0.1, 0.15) is 36.3 Å². The lowest BCUT2D eigenvalue weighted by atomic mass is 9.88. The van der Waals surface area contributed by atoms with E-state index >= 15 is 0 Å². The second kappa shape index (κ2) is 4.46. The number of carboxylic acids is 1. The number of carbonyl (C=O) groups is 1. The van der Waals surface area contributed by atoms with Crippen molar-refractivity contribution in [1.82, 2.24) is 0 Å². The minimum absolute atomic E-state index is 0.135. The Kier molecular flexibility index (Phi) is 3.20. The van der Waals surface area contributed by atoms with E-state index in [9.17, 15) is 4.79 Å². The summed E-state index contributed by atoms with van der Waals surface area (Å²) < 4.78 is 0. The molecule has 1 saturated carbocycles. The first-order chi connectivity index (χ1) is 7.59. The Balaban J connectivity index is 2.30. The second-order valence-corrected chi connectivity index (χ2v) is 4.90. The van der Waals surface area contributed by atoms with E-state index in [1.165, 1.54) is 0 Å². The molecule has 86 valence electrons. The SMILES string of the molecule is Cc1c(Cl)cccc1C(CC(=O)O)C1CC1. The summed E-state index contributed by atoms with van der Waals surface area (Å²) in [6.07, 6.45) is 2.50. The van der Waals surface area contributed by atoms with Gasteiger partial charge in [-0.3, -0.25) is 4.79 Å².